The van der Waals surface area contributed by atoms with Gasteiger partial charge in [0.2, 0.25) is 0 Å². The minimum absolute atomic E-state index is 0.0700. The maximum absolute atomic E-state index is 11.9. The third kappa shape index (κ3) is 3.74. The number of nitrogens with zero attached hydrogens (tertiary/aromatic N) is 1. The molecule has 1 N–H and O–H groups in total. The average Bonchev–Trinajstić information content (AvgIpc) is 2.56. The third-order valence-electron chi connectivity index (χ3n) is 2.89. The molecule has 5 heteroatoms. The fraction of sp³-hybridized carbons (Fsp3) is 0.0588. The van der Waals surface area contributed by atoms with Gasteiger partial charge in [0.05, 0.1) is 17.8 Å². The van der Waals surface area contributed by atoms with Crippen LogP contribution >= 0.6 is 11.6 Å². The number of aliphatic hydroxyl groups excluding tert-OH is 1. The van der Waals surface area contributed by atoms with E-state index in [4.69, 9.17) is 16.3 Å². The lowest BCUT2D eigenvalue weighted by Gasteiger charge is -2.07. The van der Waals surface area contributed by atoms with Crippen LogP contribution in [-0.2, 0) is 9.53 Å². The van der Waals surface area contributed by atoms with Crippen molar-refractivity contribution in [3.63, 3.8) is 0 Å². The van der Waals surface area contributed by atoms with Crippen LogP contribution in [0.3, 0.4) is 0 Å². The monoisotopic (exact) mass is 315 g/mol. The molecule has 22 heavy (non-hydrogen) atoms. The Balaban J connectivity index is 2.46. The smallest absolute Gasteiger partial charge is 0.343 e. The van der Waals surface area contributed by atoms with Gasteiger partial charge in [-0.1, -0.05) is 41.9 Å². The first kappa shape index (κ1) is 15.8. The molecule has 112 valence electrons. The van der Waals surface area contributed by atoms with Crippen LogP contribution in [0.25, 0.3) is 5.76 Å². The molecule has 2 aromatic rings. The number of aliphatic hydroxyl groups is 1. The predicted molar refractivity (Wildman–Crippen MR) is 87.6 cm³/mol. The number of carbonyl (C=O) groups is 1. The van der Waals surface area contributed by atoms with Crippen LogP contribution in [0, 0.1) is 0 Å². The summed E-state index contributed by atoms with van der Waals surface area (Å²) in [4.78, 5) is 16.0. The molecule has 0 spiro atoms. The van der Waals surface area contributed by atoms with Crippen LogP contribution in [0.2, 0.25) is 5.02 Å². The van der Waals surface area contributed by atoms with Crippen molar-refractivity contribution in [1.29, 1.82) is 0 Å². The zero-order valence-corrected chi connectivity index (χ0v) is 12.6. The Bertz CT molecular complexity index is 724. The number of halogens is 1. The summed E-state index contributed by atoms with van der Waals surface area (Å²) in [7, 11) is 1.23. The van der Waals surface area contributed by atoms with E-state index in [0.717, 1.165) is 0 Å². The minimum Gasteiger partial charge on any atom is -0.506 e. The molecule has 0 aromatic heterocycles. The van der Waals surface area contributed by atoms with Crippen LogP contribution in [0.1, 0.15) is 5.56 Å². The van der Waals surface area contributed by atoms with Crippen molar-refractivity contribution < 1.29 is 14.6 Å². The topological polar surface area (TPSA) is 58.9 Å². The number of para-hydroxylation sites is 1. The summed E-state index contributed by atoms with van der Waals surface area (Å²) in [5.41, 5.74) is 0.916. The normalized spacial score (nSPS) is 12.1. The van der Waals surface area contributed by atoms with Gasteiger partial charge in [0.25, 0.3) is 0 Å². The molecule has 0 aliphatic heterocycles. The van der Waals surface area contributed by atoms with Gasteiger partial charge in [-0.3, -0.25) is 4.99 Å². The summed E-state index contributed by atoms with van der Waals surface area (Å²) in [5, 5.41) is 10.7. The number of carbonyl (C=O) groups excluding carboxylic acids is 1. The molecule has 0 aliphatic carbocycles. The van der Waals surface area contributed by atoms with Crippen LogP contribution < -0.4 is 0 Å². The van der Waals surface area contributed by atoms with Gasteiger partial charge in [-0.05, 0) is 24.3 Å². The van der Waals surface area contributed by atoms with Gasteiger partial charge in [0.1, 0.15) is 11.3 Å². The lowest BCUT2D eigenvalue weighted by Crippen LogP contribution is -2.09. The zero-order chi connectivity index (χ0) is 15.9. The molecule has 0 heterocycles. The second kappa shape index (κ2) is 7.43. The Morgan fingerprint density at radius 3 is 2.41 bits per heavy atom. The van der Waals surface area contributed by atoms with Crippen molar-refractivity contribution in [2.24, 2.45) is 4.99 Å². The van der Waals surface area contributed by atoms with Gasteiger partial charge in [0, 0.05) is 11.8 Å². The van der Waals surface area contributed by atoms with Crippen LogP contribution in [0.15, 0.2) is 65.2 Å². The van der Waals surface area contributed by atoms with Crippen molar-refractivity contribution in [2.45, 2.75) is 0 Å². The first-order valence-electron chi connectivity index (χ1n) is 6.49. The van der Waals surface area contributed by atoms with Crippen LogP contribution in [0.4, 0.5) is 5.69 Å². The molecule has 0 amide bonds. The van der Waals surface area contributed by atoms with Crippen molar-refractivity contribution in [1.82, 2.24) is 0 Å². The Labute approximate surface area is 133 Å². The molecule has 0 saturated heterocycles. The number of esters is 1. The standard InChI is InChI=1S/C17H14ClNO3/c1-22-17(21)14(11-19-12-7-3-2-4-8-12)16(20)13-9-5-6-10-15(13)18/h2-11,20H,1H3/b16-14+,19-11?. The van der Waals surface area contributed by atoms with Crippen molar-refractivity contribution in [3.8, 4) is 0 Å². The van der Waals surface area contributed by atoms with E-state index in [1.54, 1.807) is 36.4 Å². The average molecular weight is 316 g/mol. The molecule has 2 rings (SSSR count). The number of hydrogen-bond acceptors (Lipinski definition) is 4. The highest BCUT2D eigenvalue weighted by Crippen LogP contribution is 2.24. The summed E-state index contributed by atoms with van der Waals surface area (Å²) < 4.78 is 4.69. The SMILES string of the molecule is COC(=O)/C(C=Nc1ccccc1)=C(/O)c1ccccc1Cl. The number of methoxy groups -OCH3 is 1. The van der Waals surface area contributed by atoms with Gasteiger partial charge >= 0.3 is 5.97 Å². The van der Waals surface area contributed by atoms with E-state index in [1.165, 1.54) is 13.3 Å². The molecule has 0 saturated carbocycles. The van der Waals surface area contributed by atoms with Crippen LogP contribution in [-0.4, -0.2) is 24.4 Å². The highest BCUT2D eigenvalue weighted by molar-refractivity contribution is 6.32. The molecule has 0 aliphatic rings. The number of ether oxygens (including phenoxy) is 1. The number of benzene rings is 2. The second-order valence-corrected chi connectivity index (χ2v) is 4.73. The van der Waals surface area contributed by atoms with E-state index in [1.807, 2.05) is 18.2 Å². The van der Waals surface area contributed by atoms with E-state index in [9.17, 15) is 9.90 Å². The number of rotatable bonds is 4. The van der Waals surface area contributed by atoms with Crippen molar-refractivity contribution >= 4 is 35.2 Å². The lowest BCUT2D eigenvalue weighted by molar-refractivity contribution is -0.135. The molecule has 0 radical (unpaired) electrons. The summed E-state index contributed by atoms with van der Waals surface area (Å²) in [5.74, 6) is -0.978. The Kier molecular flexibility index (Phi) is 5.33. The molecule has 0 atom stereocenters. The summed E-state index contributed by atoms with van der Waals surface area (Å²) in [6, 6.07) is 15.7. The fourth-order valence-electron chi connectivity index (χ4n) is 1.77. The first-order chi connectivity index (χ1) is 10.6. The molecule has 0 bridgehead atoms. The van der Waals surface area contributed by atoms with E-state index in [2.05, 4.69) is 4.99 Å². The third-order valence-corrected chi connectivity index (χ3v) is 3.22. The summed E-state index contributed by atoms with van der Waals surface area (Å²) in [6.07, 6.45) is 1.26. The largest absolute Gasteiger partial charge is 0.506 e. The maximum Gasteiger partial charge on any atom is 0.343 e. The molecular weight excluding hydrogens is 302 g/mol. The minimum atomic E-state index is -0.697. The van der Waals surface area contributed by atoms with E-state index >= 15 is 0 Å². The molecule has 2 aromatic carbocycles. The number of hydrogen-bond donors (Lipinski definition) is 1. The van der Waals surface area contributed by atoms with Gasteiger partial charge in [-0.15, -0.1) is 0 Å². The highest BCUT2D eigenvalue weighted by atomic mass is 35.5. The molecule has 0 fully saturated rings. The molecule has 4 nitrogen and oxygen atoms in total. The molecule has 0 unspecified atom stereocenters. The van der Waals surface area contributed by atoms with Crippen LogP contribution in [0.5, 0.6) is 0 Å². The van der Waals surface area contributed by atoms with E-state index in [-0.39, 0.29) is 11.3 Å². The van der Waals surface area contributed by atoms with Gasteiger partial charge in [0.15, 0.2) is 0 Å². The Hall–Kier alpha value is -2.59. The maximum atomic E-state index is 11.9. The predicted octanol–water partition coefficient (Wildman–Crippen LogP) is 4.18. The summed E-state index contributed by atoms with van der Waals surface area (Å²) in [6.45, 7) is 0. The quantitative estimate of drug-likeness (QED) is 0.398. The van der Waals surface area contributed by atoms with Gasteiger partial charge < -0.3 is 9.84 Å². The fourth-order valence-corrected chi connectivity index (χ4v) is 2.00. The zero-order valence-electron chi connectivity index (χ0n) is 11.9. The second-order valence-electron chi connectivity index (χ2n) is 4.33. The lowest BCUT2D eigenvalue weighted by atomic mass is 10.1. The molecular formula is C17H14ClNO3. The van der Waals surface area contributed by atoms with Gasteiger partial charge in [-0.25, -0.2) is 4.79 Å². The Morgan fingerprint density at radius 1 is 1.14 bits per heavy atom. The van der Waals surface area contributed by atoms with E-state index < -0.39 is 5.97 Å². The highest BCUT2D eigenvalue weighted by Gasteiger charge is 2.17. The van der Waals surface area contributed by atoms with E-state index in [0.29, 0.717) is 16.3 Å². The summed E-state index contributed by atoms with van der Waals surface area (Å²) >= 11 is 6.04. The van der Waals surface area contributed by atoms with Crippen molar-refractivity contribution in [3.05, 3.63) is 70.8 Å². The number of aliphatic imine (C=N–C) groups is 1. The van der Waals surface area contributed by atoms with Gasteiger partial charge in [-0.2, -0.15) is 0 Å². The van der Waals surface area contributed by atoms with Crippen molar-refractivity contribution in [2.75, 3.05) is 7.11 Å². The Morgan fingerprint density at radius 2 is 1.77 bits per heavy atom. The first-order valence-corrected chi connectivity index (χ1v) is 6.87.